The van der Waals surface area contributed by atoms with E-state index >= 15 is 0 Å². The average Bonchev–Trinajstić information content (AvgIpc) is 3.10. The lowest BCUT2D eigenvalue weighted by Crippen LogP contribution is -2.16. The Hall–Kier alpha value is -3.04. The second-order valence-electron chi connectivity index (χ2n) is 5.72. The zero-order valence-corrected chi connectivity index (χ0v) is 14.8. The van der Waals surface area contributed by atoms with Crippen LogP contribution in [0.2, 0.25) is 5.02 Å². The van der Waals surface area contributed by atoms with Gasteiger partial charge in [-0.1, -0.05) is 11.6 Å². The van der Waals surface area contributed by atoms with Gasteiger partial charge in [0.15, 0.2) is 0 Å². The number of benzene rings is 1. The predicted molar refractivity (Wildman–Crippen MR) is 96.1 cm³/mol. The largest absolute Gasteiger partial charge is 0.322 e. The number of aromatic nitrogens is 3. The standard InChI is InChI=1S/C18H16ClN5O/c1-11-4-5-12(2)24(11)18-15(10-21-23(18)3)17(25)22-14-7-6-13(9-20)16(19)8-14/h4-8,10H,1-3H3,(H,22,25). The molecule has 0 atom stereocenters. The van der Waals surface area contributed by atoms with Crippen LogP contribution in [0.5, 0.6) is 0 Å². The summed E-state index contributed by atoms with van der Waals surface area (Å²) >= 11 is 6.02. The Balaban J connectivity index is 1.97. The first-order valence-electron chi connectivity index (χ1n) is 7.60. The number of carbonyl (C=O) groups excluding carboxylic acids is 1. The van der Waals surface area contributed by atoms with Crippen molar-refractivity contribution in [3.63, 3.8) is 0 Å². The molecule has 2 heterocycles. The Bertz CT molecular complexity index is 990. The Morgan fingerprint density at radius 3 is 2.52 bits per heavy atom. The van der Waals surface area contributed by atoms with E-state index in [9.17, 15) is 4.79 Å². The van der Waals surface area contributed by atoms with Gasteiger partial charge in [-0.05, 0) is 44.2 Å². The zero-order valence-electron chi connectivity index (χ0n) is 14.0. The number of nitrogens with one attached hydrogen (secondary N) is 1. The van der Waals surface area contributed by atoms with Crippen LogP contribution in [0.4, 0.5) is 5.69 Å². The van der Waals surface area contributed by atoms with Gasteiger partial charge < -0.3 is 9.88 Å². The summed E-state index contributed by atoms with van der Waals surface area (Å²) in [5.41, 5.74) is 3.35. The van der Waals surface area contributed by atoms with Crippen LogP contribution in [-0.2, 0) is 7.05 Å². The summed E-state index contributed by atoms with van der Waals surface area (Å²) in [5, 5.41) is 16.3. The van der Waals surface area contributed by atoms with Crippen molar-refractivity contribution < 1.29 is 4.79 Å². The van der Waals surface area contributed by atoms with Gasteiger partial charge in [-0.25, -0.2) is 0 Å². The van der Waals surface area contributed by atoms with Crippen molar-refractivity contribution in [2.75, 3.05) is 5.32 Å². The van der Waals surface area contributed by atoms with Crippen molar-refractivity contribution in [2.45, 2.75) is 13.8 Å². The van der Waals surface area contributed by atoms with E-state index in [1.807, 2.05) is 36.6 Å². The van der Waals surface area contributed by atoms with E-state index in [4.69, 9.17) is 16.9 Å². The van der Waals surface area contributed by atoms with Gasteiger partial charge in [-0.3, -0.25) is 9.48 Å². The van der Waals surface area contributed by atoms with Crippen LogP contribution in [0.15, 0.2) is 36.5 Å². The molecule has 6 nitrogen and oxygen atoms in total. The first-order chi connectivity index (χ1) is 11.9. The lowest BCUT2D eigenvalue weighted by Gasteiger charge is -2.12. The molecule has 1 aromatic carbocycles. The van der Waals surface area contributed by atoms with Gasteiger partial charge in [0.1, 0.15) is 17.5 Å². The van der Waals surface area contributed by atoms with Crippen molar-refractivity contribution in [2.24, 2.45) is 7.05 Å². The van der Waals surface area contributed by atoms with E-state index in [0.717, 1.165) is 11.4 Å². The Kier molecular flexibility index (Phi) is 4.34. The van der Waals surface area contributed by atoms with Crippen molar-refractivity contribution in [3.8, 4) is 11.9 Å². The fraction of sp³-hybridized carbons (Fsp3) is 0.167. The highest BCUT2D eigenvalue weighted by Gasteiger charge is 2.20. The minimum absolute atomic E-state index is 0.295. The molecule has 0 aliphatic carbocycles. The van der Waals surface area contributed by atoms with Gasteiger partial charge in [0, 0.05) is 24.1 Å². The number of amides is 1. The minimum atomic E-state index is -0.295. The highest BCUT2D eigenvalue weighted by molar-refractivity contribution is 6.32. The lowest BCUT2D eigenvalue weighted by molar-refractivity contribution is 0.102. The number of aryl methyl sites for hydroxylation is 3. The predicted octanol–water partition coefficient (Wildman–Crippen LogP) is 3.61. The molecule has 25 heavy (non-hydrogen) atoms. The van der Waals surface area contributed by atoms with Gasteiger partial charge in [-0.15, -0.1) is 0 Å². The van der Waals surface area contributed by atoms with Crippen LogP contribution >= 0.6 is 11.6 Å². The van der Waals surface area contributed by atoms with Crippen LogP contribution in [-0.4, -0.2) is 20.3 Å². The fourth-order valence-electron chi connectivity index (χ4n) is 2.74. The van der Waals surface area contributed by atoms with E-state index in [-0.39, 0.29) is 5.91 Å². The molecule has 1 N–H and O–H groups in total. The number of hydrogen-bond donors (Lipinski definition) is 1. The Morgan fingerprint density at radius 2 is 1.92 bits per heavy atom. The van der Waals surface area contributed by atoms with E-state index in [0.29, 0.717) is 27.7 Å². The number of nitrogens with zero attached hydrogens (tertiary/aromatic N) is 4. The van der Waals surface area contributed by atoms with Crippen LogP contribution in [0, 0.1) is 25.2 Å². The summed E-state index contributed by atoms with van der Waals surface area (Å²) in [4.78, 5) is 12.7. The molecule has 0 spiro atoms. The maximum atomic E-state index is 12.7. The topological polar surface area (TPSA) is 75.6 Å². The molecule has 2 aromatic heterocycles. The summed E-state index contributed by atoms with van der Waals surface area (Å²) < 4.78 is 3.65. The van der Waals surface area contributed by atoms with Gasteiger partial charge in [0.2, 0.25) is 0 Å². The first kappa shape index (κ1) is 16.8. The molecular formula is C18H16ClN5O. The number of nitriles is 1. The average molecular weight is 354 g/mol. The summed E-state index contributed by atoms with van der Waals surface area (Å²) in [7, 11) is 1.80. The molecule has 0 fully saturated rings. The molecule has 1 amide bonds. The summed E-state index contributed by atoms with van der Waals surface area (Å²) in [6.45, 7) is 3.95. The molecule has 0 aliphatic rings. The molecule has 7 heteroatoms. The van der Waals surface area contributed by atoms with Gasteiger partial charge in [-0.2, -0.15) is 10.4 Å². The van der Waals surface area contributed by atoms with Crippen LogP contribution in [0.3, 0.4) is 0 Å². The lowest BCUT2D eigenvalue weighted by atomic mass is 10.2. The number of halogens is 1. The molecule has 0 unspecified atom stereocenters. The minimum Gasteiger partial charge on any atom is -0.322 e. The Labute approximate surface area is 150 Å². The second kappa shape index (κ2) is 6.46. The normalized spacial score (nSPS) is 10.5. The number of carbonyl (C=O) groups is 1. The molecule has 3 rings (SSSR count). The monoisotopic (exact) mass is 353 g/mol. The third kappa shape index (κ3) is 3.02. The SMILES string of the molecule is Cc1ccc(C)n1-c1c(C(=O)Nc2ccc(C#N)c(Cl)c2)cnn1C. The van der Waals surface area contributed by atoms with E-state index < -0.39 is 0 Å². The van der Waals surface area contributed by atoms with Crippen molar-refractivity contribution in [1.82, 2.24) is 14.3 Å². The van der Waals surface area contributed by atoms with Gasteiger partial charge in [0.05, 0.1) is 16.8 Å². The highest BCUT2D eigenvalue weighted by Crippen LogP contribution is 2.23. The third-order valence-corrected chi connectivity index (χ3v) is 4.30. The van der Waals surface area contributed by atoms with Crippen LogP contribution in [0.1, 0.15) is 27.3 Å². The van der Waals surface area contributed by atoms with Gasteiger partial charge >= 0.3 is 0 Å². The molecule has 0 saturated carbocycles. The number of anilines is 1. The molecule has 0 saturated heterocycles. The highest BCUT2D eigenvalue weighted by atomic mass is 35.5. The van der Waals surface area contributed by atoms with E-state index in [2.05, 4.69) is 10.4 Å². The van der Waals surface area contributed by atoms with Gasteiger partial charge in [0.25, 0.3) is 5.91 Å². The maximum absolute atomic E-state index is 12.7. The molecule has 3 aromatic rings. The van der Waals surface area contributed by atoms with Crippen molar-refractivity contribution >= 4 is 23.2 Å². The number of rotatable bonds is 3. The second-order valence-corrected chi connectivity index (χ2v) is 6.12. The molecule has 0 radical (unpaired) electrons. The summed E-state index contributed by atoms with van der Waals surface area (Å²) in [6.07, 6.45) is 1.54. The Morgan fingerprint density at radius 1 is 1.24 bits per heavy atom. The molecule has 0 bridgehead atoms. The van der Waals surface area contributed by atoms with Crippen LogP contribution < -0.4 is 5.32 Å². The summed E-state index contributed by atoms with van der Waals surface area (Å²) in [5.74, 6) is 0.397. The smallest absolute Gasteiger partial charge is 0.261 e. The third-order valence-electron chi connectivity index (χ3n) is 3.98. The quantitative estimate of drug-likeness (QED) is 0.781. The van der Waals surface area contributed by atoms with Crippen LogP contribution in [0.25, 0.3) is 5.82 Å². The zero-order chi connectivity index (χ0) is 18.1. The first-order valence-corrected chi connectivity index (χ1v) is 7.98. The van der Waals surface area contributed by atoms with Crippen molar-refractivity contribution in [3.05, 3.63) is 64.1 Å². The fourth-order valence-corrected chi connectivity index (χ4v) is 2.96. The summed E-state index contributed by atoms with van der Waals surface area (Å²) in [6, 6.07) is 10.7. The van der Waals surface area contributed by atoms with E-state index in [1.54, 1.807) is 29.9 Å². The molecule has 0 aliphatic heterocycles. The maximum Gasteiger partial charge on any atom is 0.261 e. The molecule has 126 valence electrons. The van der Waals surface area contributed by atoms with E-state index in [1.165, 1.54) is 6.20 Å². The number of hydrogen-bond acceptors (Lipinski definition) is 3. The van der Waals surface area contributed by atoms with Crippen molar-refractivity contribution in [1.29, 1.82) is 5.26 Å². The molecular weight excluding hydrogens is 338 g/mol.